The third-order valence-electron chi connectivity index (χ3n) is 0.602. The lowest BCUT2D eigenvalue weighted by Crippen LogP contribution is -2.04. The molecular weight excluding hydrogens is 128 g/mol. The first kappa shape index (κ1) is 8.31. The van der Waals surface area contributed by atoms with Crippen LogP contribution in [0.5, 0.6) is 0 Å². The molecule has 0 saturated carbocycles. The number of nitrogens with zero attached hydrogens (tertiary/aromatic N) is 1. The second-order valence-corrected chi connectivity index (χ2v) is 1.37. The fourth-order valence-electron chi connectivity index (χ4n) is 0.290. The average Bonchev–Trinajstić information content (AvgIpc) is 1.80. The number of alkyl halides is 2. The molecule has 0 atom stereocenters. The highest BCUT2D eigenvalue weighted by Gasteiger charge is 1.99. The SMILES string of the molecule is N#CCCOCC(F)F. The lowest BCUT2D eigenvalue weighted by Gasteiger charge is -1.97. The van der Waals surface area contributed by atoms with E-state index in [-0.39, 0.29) is 13.0 Å². The first-order valence-electron chi connectivity index (χ1n) is 2.50. The van der Waals surface area contributed by atoms with Crippen molar-refractivity contribution in [2.24, 2.45) is 0 Å². The minimum atomic E-state index is -2.43. The second-order valence-electron chi connectivity index (χ2n) is 1.37. The maximum Gasteiger partial charge on any atom is 0.261 e. The Bertz CT molecular complexity index is 99.6. The molecule has 0 aromatic heterocycles. The highest BCUT2D eigenvalue weighted by atomic mass is 19.3. The molecule has 0 aliphatic heterocycles. The van der Waals surface area contributed by atoms with Gasteiger partial charge in [0.15, 0.2) is 0 Å². The molecule has 0 N–H and O–H groups in total. The van der Waals surface area contributed by atoms with Gasteiger partial charge in [0.05, 0.1) is 19.1 Å². The van der Waals surface area contributed by atoms with E-state index in [2.05, 4.69) is 4.74 Å². The zero-order valence-corrected chi connectivity index (χ0v) is 4.81. The fraction of sp³-hybridized carbons (Fsp3) is 0.800. The van der Waals surface area contributed by atoms with E-state index >= 15 is 0 Å². The zero-order valence-electron chi connectivity index (χ0n) is 4.81. The molecule has 52 valence electrons. The summed E-state index contributed by atoms with van der Waals surface area (Å²) in [5.41, 5.74) is 0. The van der Waals surface area contributed by atoms with Crippen LogP contribution in [-0.2, 0) is 4.74 Å². The Hall–Kier alpha value is -0.690. The molecular formula is C5H7F2NO. The zero-order chi connectivity index (χ0) is 7.11. The number of rotatable bonds is 4. The Kier molecular flexibility index (Phi) is 5.03. The van der Waals surface area contributed by atoms with Crippen molar-refractivity contribution in [3.8, 4) is 6.07 Å². The number of halogens is 2. The van der Waals surface area contributed by atoms with Crippen molar-refractivity contribution in [2.45, 2.75) is 12.8 Å². The fourth-order valence-corrected chi connectivity index (χ4v) is 0.290. The molecule has 0 unspecified atom stereocenters. The highest BCUT2D eigenvalue weighted by Crippen LogP contribution is 1.92. The van der Waals surface area contributed by atoms with Crippen molar-refractivity contribution >= 4 is 0 Å². The van der Waals surface area contributed by atoms with Crippen LogP contribution in [0.15, 0.2) is 0 Å². The van der Waals surface area contributed by atoms with Crippen LogP contribution in [0.4, 0.5) is 8.78 Å². The van der Waals surface area contributed by atoms with Gasteiger partial charge >= 0.3 is 0 Å². The first-order valence-corrected chi connectivity index (χ1v) is 2.50. The standard InChI is InChI=1S/C5H7F2NO/c6-5(7)4-9-3-1-2-8/h5H,1,3-4H2. The molecule has 0 aromatic rings. The minimum Gasteiger partial charge on any atom is -0.374 e. The van der Waals surface area contributed by atoms with Gasteiger partial charge in [0.1, 0.15) is 6.61 Å². The third-order valence-corrected chi connectivity index (χ3v) is 0.602. The maximum absolute atomic E-state index is 11.3. The molecule has 0 amide bonds. The quantitative estimate of drug-likeness (QED) is 0.542. The smallest absolute Gasteiger partial charge is 0.261 e. The molecule has 0 rings (SSSR count). The minimum absolute atomic E-state index is 0.0981. The van der Waals surface area contributed by atoms with E-state index in [0.29, 0.717) is 0 Å². The van der Waals surface area contributed by atoms with E-state index in [1.165, 1.54) is 0 Å². The summed E-state index contributed by atoms with van der Waals surface area (Å²) in [5.74, 6) is 0. The van der Waals surface area contributed by atoms with E-state index in [0.717, 1.165) is 0 Å². The first-order chi connectivity index (χ1) is 4.27. The Morgan fingerprint density at radius 2 is 2.22 bits per heavy atom. The summed E-state index contributed by atoms with van der Waals surface area (Å²) in [5, 5.41) is 7.91. The van der Waals surface area contributed by atoms with Crippen LogP contribution in [0, 0.1) is 11.3 Å². The van der Waals surface area contributed by atoms with Crippen LogP contribution in [-0.4, -0.2) is 19.6 Å². The van der Waals surface area contributed by atoms with Gasteiger partial charge in [-0.25, -0.2) is 8.78 Å². The van der Waals surface area contributed by atoms with Crippen molar-refractivity contribution in [3.63, 3.8) is 0 Å². The predicted molar refractivity (Wildman–Crippen MR) is 27.1 cm³/mol. The van der Waals surface area contributed by atoms with Crippen LogP contribution in [0.2, 0.25) is 0 Å². The van der Waals surface area contributed by atoms with Gasteiger partial charge in [-0.1, -0.05) is 0 Å². The van der Waals surface area contributed by atoms with Crippen molar-refractivity contribution < 1.29 is 13.5 Å². The van der Waals surface area contributed by atoms with Gasteiger partial charge in [-0.2, -0.15) is 5.26 Å². The number of hydrogen-bond donors (Lipinski definition) is 0. The predicted octanol–water partition coefficient (Wildman–Crippen LogP) is 1.18. The van der Waals surface area contributed by atoms with Crippen LogP contribution in [0.3, 0.4) is 0 Å². The summed E-state index contributed by atoms with van der Waals surface area (Å²) in [6, 6.07) is 1.77. The van der Waals surface area contributed by atoms with E-state index < -0.39 is 13.0 Å². The van der Waals surface area contributed by atoms with Crippen molar-refractivity contribution in [2.75, 3.05) is 13.2 Å². The van der Waals surface area contributed by atoms with Gasteiger partial charge < -0.3 is 4.74 Å². The molecule has 0 aromatic carbocycles. The molecule has 0 aliphatic rings. The molecule has 0 saturated heterocycles. The Balaban J connectivity index is 2.85. The number of nitriles is 1. The topological polar surface area (TPSA) is 33.0 Å². The maximum atomic E-state index is 11.3. The average molecular weight is 135 g/mol. The molecule has 2 nitrogen and oxygen atoms in total. The van der Waals surface area contributed by atoms with Gasteiger partial charge in [0, 0.05) is 0 Å². The van der Waals surface area contributed by atoms with Crippen LogP contribution < -0.4 is 0 Å². The molecule has 0 aliphatic carbocycles. The summed E-state index contributed by atoms with van der Waals surface area (Å²) < 4.78 is 26.9. The van der Waals surface area contributed by atoms with Crippen LogP contribution >= 0.6 is 0 Å². The lowest BCUT2D eigenvalue weighted by atomic mass is 10.5. The van der Waals surface area contributed by atoms with Gasteiger partial charge in [-0.15, -0.1) is 0 Å². The summed E-state index contributed by atoms with van der Waals surface area (Å²) in [4.78, 5) is 0. The van der Waals surface area contributed by atoms with Gasteiger partial charge in [-0.05, 0) is 0 Å². The Morgan fingerprint density at radius 3 is 2.67 bits per heavy atom. The van der Waals surface area contributed by atoms with E-state index in [9.17, 15) is 8.78 Å². The molecule has 0 radical (unpaired) electrons. The van der Waals surface area contributed by atoms with Crippen LogP contribution in [0.1, 0.15) is 6.42 Å². The molecule has 0 bridgehead atoms. The summed E-state index contributed by atoms with van der Waals surface area (Å²) >= 11 is 0. The molecule has 0 heterocycles. The number of ether oxygens (including phenoxy) is 1. The molecule has 9 heavy (non-hydrogen) atoms. The molecule has 0 fully saturated rings. The Morgan fingerprint density at radius 1 is 1.56 bits per heavy atom. The monoisotopic (exact) mass is 135 g/mol. The largest absolute Gasteiger partial charge is 0.374 e. The third kappa shape index (κ3) is 7.31. The van der Waals surface area contributed by atoms with Crippen LogP contribution in [0.25, 0.3) is 0 Å². The van der Waals surface area contributed by atoms with Gasteiger partial charge in [0.2, 0.25) is 0 Å². The Labute approximate surface area is 52.0 Å². The molecule has 0 spiro atoms. The van der Waals surface area contributed by atoms with Crippen molar-refractivity contribution in [3.05, 3.63) is 0 Å². The second kappa shape index (κ2) is 5.45. The van der Waals surface area contributed by atoms with Crippen molar-refractivity contribution in [1.29, 1.82) is 5.26 Å². The lowest BCUT2D eigenvalue weighted by molar-refractivity contribution is 0.0196. The van der Waals surface area contributed by atoms with Gasteiger partial charge in [-0.3, -0.25) is 0 Å². The van der Waals surface area contributed by atoms with E-state index in [1.807, 2.05) is 0 Å². The number of hydrogen-bond acceptors (Lipinski definition) is 2. The van der Waals surface area contributed by atoms with E-state index in [4.69, 9.17) is 5.26 Å². The molecule has 4 heteroatoms. The van der Waals surface area contributed by atoms with Crippen molar-refractivity contribution in [1.82, 2.24) is 0 Å². The summed E-state index contributed by atoms with van der Waals surface area (Å²) in [7, 11) is 0. The normalized spacial score (nSPS) is 9.56. The highest BCUT2D eigenvalue weighted by molar-refractivity contribution is 4.66. The summed E-state index contributed by atoms with van der Waals surface area (Å²) in [6.45, 7) is -0.470. The van der Waals surface area contributed by atoms with Gasteiger partial charge in [0.25, 0.3) is 6.43 Å². The van der Waals surface area contributed by atoms with E-state index in [1.54, 1.807) is 6.07 Å². The summed E-state index contributed by atoms with van der Waals surface area (Å²) in [6.07, 6.45) is -2.25.